The van der Waals surface area contributed by atoms with E-state index in [0.717, 1.165) is 13.0 Å². The van der Waals surface area contributed by atoms with Gasteiger partial charge in [0.05, 0.1) is 12.2 Å². The second-order valence-corrected chi connectivity index (χ2v) is 5.41. The van der Waals surface area contributed by atoms with Crippen molar-refractivity contribution in [2.75, 3.05) is 6.61 Å². The van der Waals surface area contributed by atoms with E-state index in [9.17, 15) is 0 Å². The van der Waals surface area contributed by atoms with Gasteiger partial charge in [0, 0.05) is 11.3 Å². The van der Waals surface area contributed by atoms with E-state index in [1.165, 1.54) is 37.7 Å². The van der Waals surface area contributed by atoms with E-state index in [0.29, 0.717) is 0 Å². The lowest BCUT2D eigenvalue weighted by Crippen LogP contribution is -2.36. The molecule has 1 nitrogen and oxygen atoms in total. The van der Waals surface area contributed by atoms with Crippen LogP contribution >= 0.6 is 11.3 Å². The molecular formula is C12H16OS. The van der Waals surface area contributed by atoms with Gasteiger partial charge in [0.1, 0.15) is 0 Å². The maximum absolute atomic E-state index is 6.10. The van der Waals surface area contributed by atoms with Crippen molar-refractivity contribution in [1.82, 2.24) is 0 Å². The van der Waals surface area contributed by atoms with E-state index in [-0.39, 0.29) is 5.60 Å². The predicted molar refractivity (Wildman–Crippen MR) is 58.7 cm³/mol. The van der Waals surface area contributed by atoms with Crippen molar-refractivity contribution in [1.29, 1.82) is 0 Å². The number of ether oxygens (including phenoxy) is 1. The van der Waals surface area contributed by atoms with Crippen LogP contribution in [-0.2, 0) is 16.8 Å². The molecule has 0 unspecified atom stereocenters. The molecule has 0 radical (unpaired) electrons. The zero-order valence-corrected chi connectivity index (χ0v) is 9.24. The molecule has 1 fully saturated rings. The number of fused-ring (bicyclic) bond motifs is 2. The van der Waals surface area contributed by atoms with Gasteiger partial charge in [0.25, 0.3) is 0 Å². The summed E-state index contributed by atoms with van der Waals surface area (Å²) in [4.78, 5) is 1.58. The molecule has 2 aliphatic rings. The Balaban J connectivity index is 2.01. The molecule has 0 bridgehead atoms. The molecule has 2 heterocycles. The summed E-state index contributed by atoms with van der Waals surface area (Å²) in [6.45, 7) is 0.938. The largest absolute Gasteiger partial charge is 0.370 e. The van der Waals surface area contributed by atoms with Gasteiger partial charge >= 0.3 is 0 Å². The molecule has 1 aliphatic carbocycles. The third-order valence-corrected chi connectivity index (χ3v) is 4.59. The van der Waals surface area contributed by atoms with Gasteiger partial charge < -0.3 is 4.74 Å². The highest BCUT2D eigenvalue weighted by Crippen LogP contribution is 2.45. The normalized spacial score (nSPS) is 24.9. The van der Waals surface area contributed by atoms with Gasteiger partial charge in [-0.3, -0.25) is 0 Å². The Hall–Kier alpha value is -0.340. The smallest absolute Gasteiger partial charge is 0.0942 e. The van der Waals surface area contributed by atoms with Gasteiger partial charge in [0.15, 0.2) is 0 Å². The summed E-state index contributed by atoms with van der Waals surface area (Å²) in [7, 11) is 0. The van der Waals surface area contributed by atoms with Crippen molar-refractivity contribution in [2.45, 2.75) is 44.1 Å². The van der Waals surface area contributed by atoms with Crippen LogP contribution in [0.25, 0.3) is 0 Å². The van der Waals surface area contributed by atoms with E-state index in [1.807, 2.05) is 11.3 Å². The van der Waals surface area contributed by atoms with Gasteiger partial charge in [-0.1, -0.05) is 19.3 Å². The Morgan fingerprint density at radius 3 is 2.93 bits per heavy atom. The number of rotatable bonds is 0. The molecule has 0 saturated heterocycles. The molecule has 0 N–H and O–H groups in total. The second-order valence-electron chi connectivity index (χ2n) is 4.41. The first-order valence-corrected chi connectivity index (χ1v) is 6.49. The van der Waals surface area contributed by atoms with Crippen LogP contribution in [0.2, 0.25) is 0 Å². The van der Waals surface area contributed by atoms with Crippen molar-refractivity contribution in [3.05, 3.63) is 21.9 Å². The lowest BCUT2D eigenvalue weighted by Gasteiger charge is -2.40. The molecule has 0 amide bonds. The van der Waals surface area contributed by atoms with Crippen molar-refractivity contribution in [3.63, 3.8) is 0 Å². The summed E-state index contributed by atoms with van der Waals surface area (Å²) in [5, 5.41) is 2.23. The van der Waals surface area contributed by atoms with Crippen molar-refractivity contribution in [2.24, 2.45) is 0 Å². The molecule has 14 heavy (non-hydrogen) atoms. The monoisotopic (exact) mass is 208 g/mol. The molecular weight excluding hydrogens is 192 g/mol. The van der Waals surface area contributed by atoms with Crippen molar-refractivity contribution in [3.8, 4) is 0 Å². The summed E-state index contributed by atoms with van der Waals surface area (Å²) in [5.41, 5.74) is 1.65. The third kappa shape index (κ3) is 1.24. The molecule has 0 aromatic carbocycles. The Kier molecular flexibility index (Phi) is 2.14. The van der Waals surface area contributed by atoms with Crippen LogP contribution in [-0.4, -0.2) is 6.61 Å². The van der Waals surface area contributed by atoms with E-state index >= 15 is 0 Å². The van der Waals surface area contributed by atoms with Crippen LogP contribution in [0.5, 0.6) is 0 Å². The van der Waals surface area contributed by atoms with Crippen LogP contribution in [0.1, 0.15) is 42.5 Å². The maximum atomic E-state index is 6.10. The van der Waals surface area contributed by atoms with Gasteiger partial charge in [-0.2, -0.15) is 0 Å². The summed E-state index contributed by atoms with van der Waals surface area (Å²) in [6.07, 6.45) is 7.71. The first-order valence-electron chi connectivity index (χ1n) is 5.62. The second kappa shape index (κ2) is 3.35. The summed E-state index contributed by atoms with van der Waals surface area (Å²) in [6, 6.07) is 2.30. The number of thiophene rings is 1. The minimum absolute atomic E-state index is 0.131. The lowest BCUT2D eigenvalue weighted by atomic mass is 9.78. The van der Waals surface area contributed by atoms with E-state index in [4.69, 9.17) is 4.74 Å². The Bertz CT molecular complexity index is 323. The highest BCUT2D eigenvalue weighted by Gasteiger charge is 2.39. The standard InChI is InChI=1S/C12H16OS/c1-2-6-12(7-3-1)10-5-9-14-11(10)4-8-13-12/h5,9H,1-4,6-8H2. The molecule has 0 atom stereocenters. The van der Waals surface area contributed by atoms with Crippen LogP contribution in [0.15, 0.2) is 11.4 Å². The van der Waals surface area contributed by atoms with Crippen LogP contribution in [0.4, 0.5) is 0 Å². The van der Waals surface area contributed by atoms with Crippen LogP contribution < -0.4 is 0 Å². The number of hydrogen-bond acceptors (Lipinski definition) is 2. The fraction of sp³-hybridized carbons (Fsp3) is 0.667. The van der Waals surface area contributed by atoms with E-state index in [2.05, 4.69) is 11.4 Å². The average Bonchev–Trinajstić information content (AvgIpc) is 2.69. The fourth-order valence-corrected chi connectivity index (χ4v) is 3.84. The van der Waals surface area contributed by atoms with Gasteiger partial charge in [-0.05, 0) is 29.9 Å². The van der Waals surface area contributed by atoms with Crippen LogP contribution in [0.3, 0.4) is 0 Å². The minimum Gasteiger partial charge on any atom is -0.370 e. The Morgan fingerprint density at radius 1 is 1.21 bits per heavy atom. The van der Waals surface area contributed by atoms with Crippen molar-refractivity contribution < 1.29 is 4.74 Å². The van der Waals surface area contributed by atoms with Crippen LogP contribution in [0, 0.1) is 0 Å². The first-order chi connectivity index (χ1) is 6.91. The first kappa shape index (κ1) is 8.93. The molecule has 76 valence electrons. The fourth-order valence-electron chi connectivity index (χ4n) is 2.89. The molecule has 1 aliphatic heterocycles. The lowest BCUT2D eigenvalue weighted by molar-refractivity contribution is -0.0838. The van der Waals surface area contributed by atoms with Gasteiger partial charge in [0.2, 0.25) is 0 Å². The highest BCUT2D eigenvalue weighted by molar-refractivity contribution is 7.10. The quantitative estimate of drug-likeness (QED) is 0.634. The Labute approximate surface area is 89.1 Å². The molecule has 2 heteroatoms. The average molecular weight is 208 g/mol. The Morgan fingerprint density at radius 2 is 2.07 bits per heavy atom. The molecule has 1 saturated carbocycles. The summed E-state index contributed by atoms with van der Waals surface area (Å²) >= 11 is 1.91. The third-order valence-electron chi connectivity index (χ3n) is 3.60. The molecule has 1 aromatic heterocycles. The highest BCUT2D eigenvalue weighted by atomic mass is 32.1. The van der Waals surface area contributed by atoms with Gasteiger partial charge in [-0.25, -0.2) is 0 Å². The zero-order chi connectivity index (χ0) is 9.43. The number of hydrogen-bond donors (Lipinski definition) is 0. The SMILES string of the molecule is c1cc2c(s1)CCOC21CCCCC1. The van der Waals surface area contributed by atoms with Crippen molar-refractivity contribution >= 4 is 11.3 Å². The molecule has 1 spiro atoms. The minimum atomic E-state index is 0.131. The van der Waals surface area contributed by atoms with E-state index in [1.54, 1.807) is 4.88 Å². The topological polar surface area (TPSA) is 9.23 Å². The summed E-state index contributed by atoms with van der Waals surface area (Å²) < 4.78 is 6.10. The van der Waals surface area contributed by atoms with Gasteiger partial charge in [-0.15, -0.1) is 11.3 Å². The zero-order valence-electron chi connectivity index (χ0n) is 8.42. The maximum Gasteiger partial charge on any atom is 0.0942 e. The summed E-state index contributed by atoms with van der Waals surface area (Å²) in [5.74, 6) is 0. The van der Waals surface area contributed by atoms with E-state index < -0.39 is 0 Å². The molecule has 1 aromatic rings. The molecule has 3 rings (SSSR count). The predicted octanol–water partition coefficient (Wildman–Crippen LogP) is 3.48.